The Morgan fingerprint density at radius 1 is 1.45 bits per heavy atom. The standard InChI is InChI=1S/C9H12NO/c1-10(2)8-6-4-5-7-9(8)11-3/h4,6-7H,1-3H3. The first-order chi connectivity index (χ1) is 5.25. The highest BCUT2D eigenvalue weighted by molar-refractivity contribution is 5.56. The van der Waals surface area contributed by atoms with E-state index in [1.54, 1.807) is 7.11 Å². The van der Waals surface area contributed by atoms with Gasteiger partial charge in [-0.05, 0) is 18.2 Å². The molecule has 1 aromatic rings. The lowest BCUT2D eigenvalue weighted by molar-refractivity contribution is 0.415. The molecule has 0 N–H and O–H groups in total. The summed E-state index contributed by atoms with van der Waals surface area (Å²) in [5.74, 6) is 0.859. The monoisotopic (exact) mass is 150 g/mol. The summed E-state index contributed by atoms with van der Waals surface area (Å²) in [5.41, 5.74) is 1.08. The molecule has 0 spiro atoms. The first-order valence-corrected chi connectivity index (χ1v) is 3.47. The summed E-state index contributed by atoms with van der Waals surface area (Å²) in [6.45, 7) is 0. The van der Waals surface area contributed by atoms with Crippen LogP contribution in [0.4, 0.5) is 5.69 Å². The van der Waals surface area contributed by atoms with Gasteiger partial charge in [-0.15, -0.1) is 0 Å². The third-order valence-corrected chi connectivity index (χ3v) is 1.51. The van der Waals surface area contributed by atoms with Crippen LogP contribution in [0, 0.1) is 6.07 Å². The third kappa shape index (κ3) is 1.64. The van der Waals surface area contributed by atoms with Crippen molar-refractivity contribution in [1.82, 2.24) is 0 Å². The summed E-state index contributed by atoms with van der Waals surface area (Å²) >= 11 is 0. The summed E-state index contributed by atoms with van der Waals surface area (Å²) in [6, 6.07) is 8.63. The molecular weight excluding hydrogens is 138 g/mol. The second kappa shape index (κ2) is 3.28. The minimum atomic E-state index is 0.859. The Morgan fingerprint density at radius 2 is 2.18 bits per heavy atom. The van der Waals surface area contributed by atoms with Gasteiger partial charge in [-0.3, -0.25) is 0 Å². The molecule has 1 aromatic carbocycles. The van der Waals surface area contributed by atoms with Gasteiger partial charge in [0.15, 0.2) is 0 Å². The molecule has 0 atom stereocenters. The van der Waals surface area contributed by atoms with Crippen molar-refractivity contribution in [3.63, 3.8) is 0 Å². The van der Waals surface area contributed by atoms with Crippen molar-refractivity contribution in [2.75, 3.05) is 26.1 Å². The fourth-order valence-electron chi connectivity index (χ4n) is 0.940. The molecule has 2 heteroatoms. The summed E-state index contributed by atoms with van der Waals surface area (Å²) < 4.78 is 5.13. The summed E-state index contributed by atoms with van der Waals surface area (Å²) in [7, 11) is 5.63. The maximum atomic E-state index is 5.13. The van der Waals surface area contributed by atoms with Crippen molar-refractivity contribution in [2.24, 2.45) is 0 Å². The molecule has 0 aliphatic carbocycles. The molecule has 0 fully saturated rings. The van der Waals surface area contributed by atoms with Crippen LogP contribution in [-0.2, 0) is 0 Å². The maximum absolute atomic E-state index is 5.13. The van der Waals surface area contributed by atoms with E-state index in [9.17, 15) is 0 Å². The second-order valence-electron chi connectivity index (χ2n) is 2.49. The summed E-state index contributed by atoms with van der Waals surface area (Å²) in [4.78, 5) is 2.01. The van der Waals surface area contributed by atoms with Crippen LogP contribution in [0.5, 0.6) is 5.75 Å². The van der Waals surface area contributed by atoms with E-state index in [1.165, 1.54) is 0 Å². The number of nitrogens with zero attached hydrogens (tertiary/aromatic N) is 1. The van der Waals surface area contributed by atoms with Crippen LogP contribution in [0.3, 0.4) is 0 Å². The van der Waals surface area contributed by atoms with Crippen LogP contribution in [0.1, 0.15) is 0 Å². The van der Waals surface area contributed by atoms with Gasteiger partial charge in [0.25, 0.3) is 0 Å². The average Bonchev–Trinajstić information content (AvgIpc) is 2.04. The summed E-state index contributed by atoms with van der Waals surface area (Å²) in [5, 5.41) is 0. The minimum Gasteiger partial charge on any atom is -0.495 e. The molecule has 0 amide bonds. The van der Waals surface area contributed by atoms with Crippen molar-refractivity contribution in [3.8, 4) is 5.75 Å². The van der Waals surface area contributed by atoms with E-state index in [2.05, 4.69) is 6.07 Å². The zero-order valence-electron chi connectivity index (χ0n) is 7.09. The van der Waals surface area contributed by atoms with Crippen LogP contribution in [0.15, 0.2) is 18.2 Å². The average molecular weight is 150 g/mol. The van der Waals surface area contributed by atoms with E-state index in [1.807, 2.05) is 37.2 Å². The number of benzene rings is 1. The molecule has 0 unspecified atom stereocenters. The molecule has 11 heavy (non-hydrogen) atoms. The van der Waals surface area contributed by atoms with Crippen LogP contribution >= 0.6 is 0 Å². The van der Waals surface area contributed by atoms with Crippen molar-refractivity contribution in [1.29, 1.82) is 0 Å². The fraction of sp³-hybridized carbons (Fsp3) is 0.333. The predicted molar refractivity (Wildman–Crippen MR) is 46.2 cm³/mol. The molecule has 0 saturated carbocycles. The number of ether oxygens (including phenoxy) is 1. The molecule has 0 heterocycles. The van der Waals surface area contributed by atoms with Crippen molar-refractivity contribution in [2.45, 2.75) is 0 Å². The van der Waals surface area contributed by atoms with Gasteiger partial charge >= 0.3 is 0 Å². The largest absolute Gasteiger partial charge is 0.495 e. The highest BCUT2D eigenvalue weighted by atomic mass is 16.5. The molecule has 2 nitrogen and oxygen atoms in total. The van der Waals surface area contributed by atoms with Crippen LogP contribution in [0.25, 0.3) is 0 Å². The lowest BCUT2D eigenvalue weighted by Crippen LogP contribution is -2.09. The zero-order chi connectivity index (χ0) is 8.27. The van der Waals surface area contributed by atoms with Gasteiger partial charge in [0.05, 0.1) is 12.8 Å². The van der Waals surface area contributed by atoms with Crippen LogP contribution in [-0.4, -0.2) is 21.2 Å². The smallest absolute Gasteiger partial charge is 0.142 e. The molecule has 0 aliphatic rings. The maximum Gasteiger partial charge on any atom is 0.142 e. The van der Waals surface area contributed by atoms with Gasteiger partial charge in [0.1, 0.15) is 5.75 Å². The molecule has 59 valence electrons. The zero-order valence-corrected chi connectivity index (χ0v) is 7.09. The topological polar surface area (TPSA) is 12.5 Å². The Balaban J connectivity index is 3.02. The van der Waals surface area contributed by atoms with E-state index in [-0.39, 0.29) is 0 Å². The molecule has 0 bridgehead atoms. The molecular formula is C9H12NO. The van der Waals surface area contributed by atoms with Gasteiger partial charge in [0, 0.05) is 14.1 Å². The van der Waals surface area contributed by atoms with Gasteiger partial charge in [-0.1, -0.05) is 6.07 Å². The molecule has 1 radical (unpaired) electrons. The second-order valence-corrected chi connectivity index (χ2v) is 2.49. The van der Waals surface area contributed by atoms with E-state index in [4.69, 9.17) is 4.74 Å². The number of rotatable bonds is 2. The Morgan fingerprint density at radius 3 is 2.64 bits per heavy atom. The van der Waals surface area contributed by atoms with Crippen molar-refractivity contribution < 1.29 is 4.74 Å². The van der Waals surface area contributed by atoms with E-state index >= 15 is 0 Å². The van der Waals surface area contributed by atoms with Gasteiger partial charge in [0.2, 0.25) is 0 Å². The SMILES string of the molecule is COc1c[c]ccc1N(C)C. The van der Waals surface area contributed by atoms with E-state index < -0.39 is 0 Å². The number of anilines is 1. The highest BCUT2D eigenvalue weighted by Gasteiger charge is 2.01. The quantitative estimate of drug-likeness (QED) is 0.634. The molecule has 1 rings (SSSR count). The predicted octanol–water partition coefficient (Wildman–Crippen LogP) is 1.56. The number of hydrogen-bond acceptors (Lipinski definition) is 2. The van der Waals surface area contributed by atoms with Gasteiger partial charge in [-0.2, -0.15) is 0 Å². The number of hydrogen-bond donors (Lipinski definition) is 0. The highest BCUT2D eigenvalue weighted by Crippen LogP contribution is 2.24. The lowest BCUT2D eigenvalue weighted by atomic mass is 10.3. The van der Waals surface area contributed by atoms with Gasteiger partial charge in [-0.25, -0.2) is 0 Å². The molecule has 0 aliphatic heterocycles. The fourth-order valence-corrected chi connectivity index (χ4v) is 0.940. The first kappa shape index (κ1) is 7.92. The Hall–Kier alpha value is -1.18. The van der Waals surface area contributed by atoms with Crippen molar-refractivity contribution in [3.05, 3.63) is 24.3 Å². The van der Waals surface area contributed by atoms with E-state index in [0.29, 0.717) is 0 Å². The minimum absolute atomic E-state index is 0.859. The molecule has 0 saturated heterocycles. The third-order valence-electron chi connectivity index (χ3n) is 1.51. The van der Waals surface area contributed by atoms with Crippen LogP contribution in [0.2, 0.25) is 0 Å². The normalized spacial score (nSPS) is 9.36. The molecule has 0 aromatic heterocycles. The number of methoxy groups -OCH3 is 1. The Bertz CT molecular complexity index is 233. The van der Waals surface area contributed by atoms with Crippen molar-refractivity contribution >= 4 is 5.69 Å². The lowest BCUT2D eigenvalue weighted by Gasteiger charge is -2.15. The Kier molecular flexibility index (Phi) is 2.36. The summed E-state index contributed by atoms with van der Waals surface area (Å²) in [6.07, 6.45) is 0. The van der Waals surface area contributed by atoms with E-state index in [0.717, 1.165) is 11.4 Å². The van der Waals surface area contributed by atoms with Crippen LogP contribution < -0.4 is 9.64 Å². The first-order valence-electron chi connectivity index (χ1n) is 3.47. The Labute approximate surface area is 67.4 Å². The van der Waals surface area contributed by atoms with Gasteiger partial charge < -0.3 is 9.64 Å².